The molecular weight excluding hydrogens is 389 g/mol. The summed E-state index contributed by atoms with van der Waals surface area (Å²) in [5, 5.41) is 0. The van der Waals surface area contributed by atoms with E-state index in [4.69, 9.17) is 10.5 Å². The minimum absolute atomic E-state index is 0.280. The van der Waals surface area contributed by atoms with Crippen LogP contribution < -0.4 is 10.5 Å². The van der Waals surface area contributed by atoms with Gasteiger partial charge in [-0.1, -0.05) is 31.9 Å². The van der Waals surface area contributed by atoms with E-state index in [1.54, 1.807) is 0 Å². The lowest BCUT2D eigenvalue weighted by molar-refractivity contribution is 0.305. The van der Waals surface area contributed by atoms with Crippen molar-refractivity contribution >= 4 is 31.9 Å². The van der Waals surface area contributed by atoms with Gasteiger partial charge in [-0.2, -0.15) is 0 Å². The van der Waals surface area contributed by atoms with E-state index in [0.717, 1.165) is 27.8 Å². The van der Waals surface area contributed by atoms with Gasteiger partial charge in [-0.05, 0) is 60.5 Å². The van der Waals surface area contributed by atoms with Crippen LogP contribution in [0, 0.1) is 5.82 Å². The van der Waals surface area contributed by atoms with E-state index in [2.05, 4.69) is 31.9 Å². The number of halogens is 3. The van der Waals surface area contributed by atoms with Gasteiger partial charge >= 0.3 is 0 Å². The third-order valence-corrected chi connectivity index (χ3v) is 3.99. The first-order valence-electron chi connectivity index (χ1n) is 6.15. The molecule has 0 saturated heterocycles. The van der Waals surface area contributed by atoms with Crippen LogP contribution in [0.3, 0.4) is 0 Å². The van der Waals surface area contributed by atoms with Crippen molar-refractivity contribution in [1.82, 2.24) is 0 Å². The Kier molecular flexibility index (Phi) is 5.57. The smallest absolute Gasteiger partial charge is 0.124 e. The largest absolute Gasteiger partial charge is 0.489 e. The molecule has 0 bridgehead atoms. The van der Waals surface area contributed by atoms with Crippen molar-refractivity contribution < 1.29 is 9.13 Å². The molecule has 0 aliphatic rings. The predicted octanol–water partition coefficient (Wildman–Crippen LogP) is 4.43. The Bertz CT molecular complexity index is 584. The summed E-state index contributed by atoms with van der Waals surface area (Å²) in [6.07, 6.45) is 0.781. The quantitative estimate of drug-likeness (QED) is 0.802. The molecule has 5 heteroatoms. The minimum Gasteiger partial charge on any atom is -0.489 e. The highest BCUT2D eigenvalue weighted by molar-refractivity contribution is 9.10. The summed E-state index contributed by atoms with van der Waals surface area (Å²) >= 11 is 6.74. The van der Waals surface area contributed by atoms with Crippen LogP contribution in [0.25, 0.3) is 0 Å². The monoisotopic (exact) mass is 401 g/mol. The predicted molar refractivity (Wildman–Crippen MR) is 85.3 cm³/mol. The van der Waals surface area contributed by atoms with Crippen LogP contribution >= 0.6 is 31.9 Å². The Morgan fingerprint density at radius 3 is 2.60 bits per heavy atom. The Hall–Kier alpha value is -0.910. The van der Waals surface area contributed by atoms with Gasteiger partial charge in [0.25, 0.3) is 0 Å². The zero-order valence-electron chi connectivity index (χ0n) is 10.7. The van der Waals surface area contributed by atoms with Crippen LogP contribution in [0.15, 0.2) is 45.3 Å². The summed E-state index contributed by atoms with van der Waals surface area (Å²) in [6.45, 7) is 0.902. The fourth-order valence-electron chi connectivity index (χ4n) is 1.85. The first-order chi connectivity index (χ1) is 9.58. The van der Waals surface area contributed by atoms with Crippen LogP contribution in [-0.2, 0) is 13.0 Å². The van der Waals surface area contributed by atoms with Crippen molar-refractivity contribution in [2.75, 3.05) is 6.54 Å². The van der Waals surface area contributed by atoms with Crippen molar-refractivity contribution in [3.63, 3.8) is 0 Å². The van der Waals surface area contributed by atoms with Crippen molar-refractivity contribution in [3.8, 4) is 5.75 Å². The van der Waals surface area contributed by atoms with Gasteiger partial charge in [-0.15, -0.1) is 0 Å². The van der Waals surface area contributed by atoms with E-state index in [1.807, 2.05) is 24.3 Å². The molecule has 0 radical (unpaired) electrons. The number of ether oxygens (including phenoxy) is 1. The van der Waals surface area contributed by atoms with Crippen molar-refractivity contribution in [3.05, 3.63) is 62.3 Å². The van der Waals surface area contributed by atoms with Crippen molar-refractivity contribution in [1.29, 1.82) is 0 Å². The second kappa shape index (κ2) is 7.20. The normalized spacial score (nSPS) is 10.6. The van der Waals surface area contributed by atoms with Crippen LogP contribution in [0.2, 0.25) is 0 Å². The molecule has 2 nitrogen and oxygen atoms in total. The van der Waals surface area contributed by atoms with Crippen LogP contribution in [0.4, 0.5) is 4.39 Å². The molecule has 0 spiro atoms. The number of hydrogen-bond donors (Lipinski definition) is 1. The van der Waals surface area contributed by atoms with Crippen LogP contribution in [0.5, 0.6) is 5.75 Å². The van der Waals surface area contributed by atoms with E-state index in [0.29, 0.717) is 17.6 Å². The lowest BCUT2D eigenvalue weighted by atomic mass is 10.1. The molecule has 2 aromatic rings. The van der Waals surface area contributed by atoms with E-state index in [1.165, 1.54) is 12.1 Å². The molecule has 2 N–H and O–H groups in total. The van der Waals surface area contributed by atoms with Gasteiger partial charge in [-0.3, -0.25) is 0 Å². The topological polar surface area (TPSA) is 35.2 Å². The Balaban J connectivity index is 2.08. The molecule has 0 aromatic heterocycles. The maximum absolute atomic E-state index is 13.3. The van der Waals surface area contributed by atoms with E-state index >= 15 is 0 Å². The molecule has 2 rings (SSSR count). The highest BCUT2D eigenvalue weighted by Crippen LogP contribution is 2.24. The van der Waals surface area contributed by atoms with Gasteiger partial charge in [-0.25, -0.2) is 4.39 Å². The first-order valence-corrected chi connectivity index (χ1v) is 7.73. The Morgan fingerprint density at radius 2 is 1.90 bits per heavy atom. The highest BCUT2D eigenvalue weighted by atomic mass is 79.9. The molecule has 0 saturated carbocycles. The van der Waals surface area contributed by atoms with Crippen LogP contribution in [-0.4, -0.2) is 6.54 Å². The summed E-state index contributed by atoms with van der Waals surface area (Å²) in [5.74, 6) is 0.467. The number of hydrogen-bond acceptors (Lipinski definition) is 2. The van der Waals surface area contributed by atoms with E-state index in [-0.39, 0.29) is 5.82 Å². The number of nitrogens with two attached hydrogens (primary N) is 1. The lowest BCUT2D eigenvalue weighted by Crippen LogP contribution is -2.04. The average molecular weight is 403 g/mol. The molecule has 0 unspecified atom stereocenters. The molecule has 0 aliphatic heterocycles. The zero-order valence-corrected chi connectivity index (χ0v) is 13.9. The lowest BCUT2D eigenvalue weighted by Gasteiger charge is -2.10. The van der Waals surface area contributed by atoms with Gasteiger partial charge in [0.05, 0.1) is 0 Å². The van der Waals surface area contributed by atoms with E-state index < -0.39 is 0 Å². The molecular formula is C15H14Br2FNO. The van der Waals surface area contributed by atoms with Gasteiger partial charge in [0.1, 0.15) is 18.2 Å². The van der Waals surface area contributed by atoms with Crippen LogP contribution in [0.1, 0.15) is 11.1 Å². The second-order valence-electron chi connectivity index (χ2n) is 4.36. The highest BCUT2D eigenvalue weighted by Gasteiger charge is 2.04. The summed E-state index contributed by atoms with van der Waals surface area (Å²) in [7, 11) is 0. The van der Waals surface area contributed by atoms with Gasteiger partial charge < -0.3 is 10.5 Å². The minimum atomic E-state index is -0.280. The molecule has 0 aliphatic carbocycles. The Labute approximate surface area is 134 Å². The molecule has 0 fully saturated rings. The molecule has 2 aromatic carbocycles. The molecule has 0 heterocycles. The van der Waals surface area contributed by atoms with Crippen molar-refractivity contribution in [2.24, 2.45) is 5.73 Å². The van der Waals surface area contributed by atoms with Gasteiger partial charge in [0.2, 0.25) is 0 Å². The standard InChI is InChI=1S/C15H14Br2FNO/c16-12-5-10(6-13(18)8-12)9-20-14-1-2-15(17)11(7-14)3-4-19/h1-2,5-8H,3-4,9,19H2. The Morgan fingerprint density at radius 1 is 1.10 bits per heavy atom. The SMILES string of the molecule is NCCc1cc(OCc2cc(F)cc(Br)c2)ccc1Br. The molecule has 20 heavy (non-hydrogen) atoms. The van der Waals surface area contributed by atoms with Crippen molar-refractivity contribution in [2.45, 2.75) is 13.0 Å². The van der Waals surface area contributed by atoms with E-state index in [9.17, 15) is 4.39 Å². The maximum atomic E-state index is 13.3. The third-order valence-electron chi connectivity index (χ3n) is 2.76. The van der Waals surface area contributed by atoms with Gasteiger partial charge in [0, 0.05) is 8.95 Å². The first kappa shape index (κ1) is 15.5. The molecule has 106 valence electrons. The van der Waals surface area contributed by atoms with Gasteiger partial charge in [0.15, 0.2) is 0 Å². The number of rotatable bonds is 5. The maximum Gasteiger partial charge on any atom is 0.124 e. The molecule has 0 amide bonds. The summed E-state index contributed by atoms with van der Waals surface area (Å²) in [6, 6.07) is 10.5. The second-order valence-corrected chi connectivity index (χ2v) is 6.13. The number of benzene rings is 2. The summed E-state index contributed by atoms with van der Waals surface area (Å²) < 4.78 is 20.7. The summed E-state index contributed by atoms with van der Waals surface area (Å²) in [4.78, 5) is 0. The average Bonchev–Trinajstić information content (AvgIpc) is 2.39. The fourth-order valence-corrected chi connectivity index (χ4v) is 2.81. The molecule has 0 atom stereocenters. The summed E-state index contributed by atoms with van der Waals surface area (Å²) in [5.41, 5.74) is 7.45. The zero-order chi connectivity index (χ0) is 14.5. The fraction of sp³-hybridized carbons (Fsp3) is 0.200. The third kappa shape index (κ3) is 4.30.